The van der Waals surface area contributed by atoms with E-state index >= 15 is 0 Å². The minimum atomic E-state index is -0.332. The molecule has 2 saturated heterocycles. The van der Waals surface area contributed by atoms with Crippen LogP contribution in [0.4, 0.5) is 0 Å². The lowest BCUT2D eigenvalue weighted by Gasteiger charge is -2.39. The van der Waals surface area contributed by atoms with Crippen LogP contribution in [0.15, 0.2) is 0 Å². The molecule has 0 N–H and O–H groups in total. The lowest BCUT2D eigenvalue weighted by Crippen LogP contribution is -2.50. The van der Waals surface area contributed by atoms with Crippen LogP contribution in [-0.2, 0) is 14.3 Å². The molecule has 0 aromatic heterocycles. The number of likely N-dealkylation sites (tertiary alicyclic amines) is 1. The molecule has 0 aromatic carbocycles. The van der Waals surface area contributed by atoms with E-state index in [2.05, 4.69) is 13.8 Å². The van der Waals surface area contributed by atoms with Gasteiger partial charge in [0.05, 0.1) is 13.2 Å². The quantitative estimate of drug-likeness (QED) is 0.798. The highest BCUT2D eigenvalue weighted by Gasteiger charge is 2.38. The summed E-state index contributed by atoms with van der Waals surface area (Å²) in [4.78, 5) is 29.0. The smallest absolute Gasteiger partial charge is 0.228 e. The molecular formula is C17H30N2O3. The van der Waals surface area contributed by atoms with Crippen LogP contribution in [0, 0.1) is 17.3 Å². The molecule has 2 rings (SSSR count). The Hall–Kier alpha value is -1.10. The molecular weight excluding hydrogens is 280 g/mol. The number of ether oxygens (including phenoxy) is 1. The molecule has 2 heterocycles. The van der Waals surface area contributed by atoms with E-state index in [1.807, 2.05) is 23.6 Å². The van der Waals surface area contributed by atoms with Crippen molar-refractivity contribution in [2.24, 2.45) is 17.3 Å². The SMILES string of the molecule is CC(C)C(C)(C)C(=O)N1CCC(C(=O)N2CCOCC2)CC1. The average Bonchev–Trinajstić information content (AvgIpc) is 2.54. The van der Waals surface area contributed by atoms with Crippen molar-refractivity contribution in [1.82, 2.24) is 9.80 Å². The first-order valence-electron chi connectivity index (χ1n) is 8.50. The maximum Gasteiger partial charge on any atom is 0.228 e. The largest absolute Gasteiger partial charge is 0.378 e. The Bertz CT molecular complexity index is 406. The zero-order valence-corrected chi connectivity index (χ0v) is 14.4. The molecule has 0 radical (unpaired) electrons. The third kappa shape index (κ3) is 3.62. The second-order valence-electron chi connectivity index (χ2n) is 7.38. The maximum absolute atomic E-state index is 12.7. The highest BCUT2D eigenvalue weighted by Crippen LogP contribution is 2.31. The van der Waals surface area contributed by atoms with Crippen LogP contribution < -0.4 is 0 Å². The number of rotatable bonds is 3. The topological polar surface area (TPSA) is 49.9 Å². The molecule has 5 heteroatoms. The average molecular weight is 310 g/mol. The summed E-state index contributed by atoms with van der Waals surface area (Å²) < 4.78 is 5.30. The Morgan fingerprint density at radius 1 is 1.00 bits per heavy atom. The first-order chi connectivity index (χ1) is 10.3. The fourth-order valence-electron chi connectivity index (χ4n) is 3.03. The number of hydrogen-bond donors (Lipinski definition) is 0. The van der Waals surface area contributed by atoms with Gasteiger partial charge in [-0.2, -0.15) is 0 Å². The second-order valence-corrected chi connectivity index (χ2v) is 7.38. The van der Waals surface area contributed by atoms with Crippen molar-refractivity contribution >= 4 is 11.8 Å². The summed E-state index contributed by atoms with van der Waals surface area (Å²) >= 11 is 0. The van der Waals surface area contributed by atoms with Crippen molar-refractivity contribution in [3.8, 4) is 0 Å². The first kappa shape index (κ1) is 17.3. The van der Waals surface area contributed by atoms with E-state index in [-0.39, 0.29) is 23.1 Å². The summed E-state index contributed by atoms with van der Waals surface area (Å²) in [6.45, 7) is 12.3. The van der Waals surface area contributed by atoms with Gasteiger partial charge in [0.15, 0.2) is 0 Å². The number of carbonyl (C=O) groups excluding carboxylic acids is 2. The van der Waals surface area contributed by atoms with E-state index in [4.69, 9.17) is 4.74 Å². The van der Waals surface area contributed by atoms with Crippen molar-refractivity contribution in [2.45, 2.75) is 40.5 Å². The van der Waals surface area contributed by atoms with E-state index in [0.29, 0.717) is 45.3 Å². The highest BCUT2D eigenvalue weighted by molar-refractivity contribution is 5.83. The Morgan fingerprint density at radius 3 is 2.05 bits per heavy atom. The molecule has 0 aromatic rings. The number of morpholine rings is 1. The summed E-state index contributed by atoms with van der Waals surface area (Å²) in [6.07, 6.45) is 1.58. The summed E-state index contributed by atoms with van der Waals surface area (Å²) in [5.41, 5.74) is -0.332. The number of piperidine rings is 1. The Morgan fingerprint density at radius 2 is 1.55 bits per heavy atom. The molecule has 22 heavy (non-hydrogen) atoms. The second kappa shape index (κ2) is 6.99. The van der Waals surface area contributed by atoms with Crippen molar-refractivity contribution in [3.63, 3.8) is 0 Å². The monoisotopic (exact) mass is 310 g/mol. The van der Waals surface area contributed by atoms with Crippen LogP contribution in [0.2, 0.25) is 0 Å². The third-order valence-corrected chi connectivity index (χ3v) is 5.45. The highest BCUT2D eigenvalue weighted by atomic mass is 16.5. The van der Waals surface area contributed by atoms with Crippen LogP contribution in [-0.4, -0.2) is 61.0 Å². The van der Waals surface area contributed by atoms with Crippen molar-refractivity contribution in [2.75, 3.05) is 39.4 Å². The number of hydrogen-bond acceptors (Lipinski definition) is 3. The van der Waals surface area contributed by atoms with Gasteiger partial charge < -0.3 is 14.5 Å². The van der Waals surface area contributed by atoms with Crippen molar-refractivity contribution < 1.29 is 14.3 Å². The molecule has 0 atom stereocenters. The summed E-state index contributed by atoms with van der Waals surface area (Å²) in [5.74, 6) is 0.857. The van der Waals surface area contributed by atoms with Crippen LogP contribution in [0.25, 0.3) is 0 Å². The van der Waals surface area contributed by atoms with Gasteiger partial charge in [-0.3, -0.25) is 9.59 Å². The molecule has 126 valence electrons. The number of amides is 2. The minimum absolute atomic E-state index is 0.0734. The normalized spacial score (nSPS) is 21.3. The Kier molecular flexibility index (Phi) is 5.48. The zero-order chi connectivity index (χ0) is 16.3. The molecule has 2 aliphatic rings. The van der Waals surface area contributed by atoms with E-state index in [9.17, 15) is 9.59 Å². The van der Waals surface area contributed by atoms with Gasteiger partial charge in [0, 0.05) is 37.5 Å². The van der Waals surface area contributed by atoms with Gasteiger partial charge in [-0.15, -0.1) is 0 Å². The standard InChI is InChI=1S/C17H30N2O3/c1-13(2)17(3,4)16(21)19-7-5-14(6-8-19)15(20)18-9-11-22-12-10-18/h13-14H,5-12H2,1-4H3. The number of carbonyl (C=O) groups is 2. The molecule has 5 nitrogen and oxygen atoms in total. The zero-order valence-electron chi connectivity index (χ0n) is 14.4. The van der Waals surface area contributed by atoms with Crippen molar-refractivity contribution in [1.29, 1.82) is 0 Å². The van der Waals surface area contributed by atoms with Gasteiger partial charge in [0.1, 0.15) is 0 Å². The van der Waals surface area contributed by atoms with Gasteiger partial charge in [0.25, 0.3) is 0 Å². The van der Waals surface area contributed by atoms with Gasteiger partial charge in [-0.1, -0.05) is 27.7 Å². The molecule has 0 unspecified atom stereocenters. The fourth-order valence-corrected chi connectivity index (χ4v) is 3.03. The van der Waals surface area contributed by atoms with Crippen molar-refractivity contribution in [3.05, 3.63) is 0 Å². The van der Waals surface area contributed by atoms with E-state index in [0.717, 1.165) is 12.8 Å². The minimum Gasteiger partial charge on any atom is -0.378 e. The lowest BCUT2D eigenvalue weighted by molar-refractivity contribution is -0.148. The van der Waals surface area contributed by atoms with Gasteiger partial charge >= 0.3 is 0 Å². The summed E-state index contributed by atoms with van der Waals surface area (Å²) in [7, 11) is 0. The van der Waals surface area contributed by atoms with E-state index < -0.39 is 0 Å². The third-order valence-electron chi connectivity index (χ3n) is 5.45. The van der Waals surface area contributed by atoms with Gasteiger partial charge in [-0.05, 0) is 18.8 Å². The molecule has 0 saturated carbocycles. The lowest BCUT2D eigenvalue weighted by atomic mass is 9.79. The van der Waals surface area contributed by atoms with Gasteiger partial charge in [0.2, 0.25) is 11.8 Å². The molecule has 2 fully saturated rings. The molecule has 2 aliphatic heterocycles. The van der Waals surface area contributed by atoms with Crippen LogP contribution >= 0.6 is 0 Å². The molecule has 0 bridgehead atoms. The van der Waals surface area contributed by atoms with Crippen LogP contribution in [0.3, 0.4) is 0 Å². The molecule has 0 spiro atoms. The molecule has 2 amide bonds. The summed E-state index contributed by atoms with van der Waals surface area (Å²) in [5, 5.41) is 0. The van der Waals surface area contributed by atoms with Crippen LogP contribution in [0.5, 0.6) is 0 Å². The predicted octanol–water partition coefficient (Wildman–Crippen LogP) is 1.77. The predicted molar refractivity (Wildman–Crippen MR) is 85.3 cm³/mol. The van der Waals surface area contributed by atoms with Crippen LogP contribution in [0.1, 0.15) is 40.5 Å². The fraction of sp³-hybridized carbons (Fsp3) is 0.882. The maximum atomic E-state index is 12.7. The molecule has 0 aliphatic carbocycles. The Labute approximate surface area is 134 Å². The first-order valence-corrected chi connectivity index (χ1v) is 8.50. The van der Waals surface area contributed by atoms with E-state index in [1.165, 1.54) is 0 Å². The van der Waals surface area contributed by atoms with E-state index in [1.54, 1.807) is 0 Å². The number of nitrogens with zero attached hydrogens (tertiary/aromatic N) is 2. The Balaban J connectivity index is 1.87. The van der Waals surface area contributed by atoms with Gasteiger partial charge in [-0.25, -0.2) is 0 Å². The summed E-state index contributed by atoms with van der Waals surface area (Å²) in [6, 6.07) is 0.